The van der Waals surface area contributed by atoms with Crippen molar-refractivity contribution in [3.63, 3.8) is 0 Å². The van der Waals surface area contributed by atoms with Gasteiger partial charge in [0.2, 0.25) is 5.95 Å². The quantitative estimate of drug-likeness (QED) is 0.478. The average molecular weight is 268 g/mol. The topological polar surface area (TPSA) is 139 Å². The van der Waals surface area contributed by atoms with E-state index in [1.165, 1.54) is 10.9 Å². The number of ether oxygens (including phenoxy) is 1. The Hall–Kier alpha value is -1.97. The summed E-state index contributed by atoms with van der Waals surface area (Å²) in [5.41, 5.74) is 5.50. The number of fused-ring (bicyclic) bond motifs is 1. The van der Waals surface area contributed by atoms with Gasteiger partial charge in [0, 0.05) is 6.42 Å². The average Bonchev–Trinajstić information content (AvgIpc) is 2.92. The van der Waals surface area contributed by atoms with Gasteiger partial charge in [-0.05, 0) is 0 Å². The van der Waals surface area contributed by atoms with E-state index >= 15 is 0 Å². The van der Waals surface area contributed by atoms with Crippen molar-refractivity contribution in [1.29, 1.82) is 0 Å². The Kier molecular flexibility index (Phi) is 2.73. The van der Waals surface area contributed by atoms with E-state index in [1.807, 2.05) is 0 Å². The number of aromatic nitrogens is 4. The van der Waals surface area contributed by atoms with Crippen LogP contribution >= 0.6 is 0 Å². The van der Waals surface area contributed by atoms with Crippen LogP contribution in [0.2, 0.25) is 0 Å². The monoisotopic (exact) mass is 268 g/mol. The molecule has 9 heteroatoms. The number of aromatic amines is 1. The van der Waals surface area contributed by atoms with Gasteiger partial charge < -0.3 is 20.7 Å². The van der Waals surface area contributed by atoms with Crippen molar-refractivity contribution in [3.8, 4) is 0 Å². The molecule has 0 spiro atoms. The predicted octanol–water partition coefficient (Wildman–Crippen LogP) is -1.66. The molecule has 0 bridgehead atoms. The van der Waals surface area contributed by atoms with E-state index in [2.05, 4.69) is 15.0 Å². The van der Waals surface area contributed by atoms with Crippen molar-refractivity contribution >= 4 is 17.1 Å². The largest absolute Gasteiger partial charge is 0.394 e. The third-order valence-corrected chi connectivity index (χ3v) is 3.15. The number of imidazole rings is 1. The van der Waals surface area contributed by atoms with E-state index in [4.69, 9.17) is 15.6 Å². The summed E-state index contributed by atoms with van der Waals surface area (Å²) in [4.78, 5) is 22.0. The second-order valence-electron chi connectivity index (χ2n) is 4.39. The lowest BCUT2D eigenvalue weighted by Crippen LogP contribution is -2.24. The highest BCUT2D eigenvalue weighted by molar-refractivity contribution is 5.70. The van der Waals surface area contributed by atoms with Crippen LogP contribution in [-0.4, -0.2) is 48.5 Å². The molecule has 0 amide bonds. The van der Waals surface area contributed by atoms with Crippen LogP contribution in [0.5, 0.6) is 0 Å². The van der Waals surface area contributed by atoms with E-state index in [0.29, 0.717) is 0 Å². The molecule has 0 unspecified atom stereocenters. The first-order valence-corrected chi connectivity index (χ1v) is 5.77. The Labute approximate surface area is 106 Å². The van der Waals surface area contributed by atoms with Gasteiger partial charge >= 0.3 is 0 Å². The normalized spacial score (nSPS) is 27.2. The zero-order chi connectivity index (χ0) is 13.6. The lowest BCUT2D eigenvalue weighted by Gasteiger charge is -2.13. The maximum absolute atomic E-state index is 11.6. The molecular weight excluding hydrogens is 255 g/mol. The van der Waals surface area contributed by atoms with Crippen LogP contribution in [0.4, 0.5) is 5.95 Å². The van der Waals surface area contributed by atoms with E-state index in [0.717, 1.165) is 0 Å². The number of aliphatic hydroxyl groups is 2. The van der Waals surface area contributed by atoms with Crippen LogP contribution in [0.15, 0.2) is 11.1 Å². The van der Waals surface area contributed by atoms with E-state index < -0.39 is 24.0 Å². The smallest absolute Gasteiger partial charge is 0.280 e. The number of aliphatic hydroxyl groups excluding tert-OH is 2. The molecule has 1 fully saturated rings. The van der Waals surface area contributed by atoms with Crippen molar-refractivity contribution in [1.82, 2.24) is 19.5 Å². The minimum atomic E-state index is -0.771. The molecular formula is C10H13N5O4. The van der Waals surface area contributed by atoms with E-state index in [-0.39, 0.29) is 30.1 Å². The zero-order valence-corrected chi connectivity index (χ0v) is 9.85. The van der Waals surface area contributed by atoms with Crippen molar-refractivity contribution in [2.75, 3.05) is 12.3 Å². The summed E-state index contributed by atoms with van der Waals surface area (Å²) >= 11 is 0. The predicted molar refractivity (Wildman–Crippen MR) is 64.2 cm³/mol. The summed E-state index contributed by atoms with van der Waals surface area (Å²) in [7, 11) is 0. The highest BCUT2D eigenvalue weighted by Crippen LogP contribution is 2.30. The lowest BCUT2D eigenvalue weighted by atomic mass is 10.2. The fraction of sp³-hybridized carbons (Fsp3) is 0.500. The number of nitrogens with two attached hydrogens (primary N) is 1. The maximum atomic E-state index is 11.6. The number of hydrogen-bond donors (Lipinski definition) is 4. The number of hydrogen-bond acceptors (Lipinski definition) is 7. The van der Waals surface area contributed by atoms with Gasteiger partial charge in [-0.3, -0.25) is 14.3 Å². The number of rotatable bonds is 2. The SMILES string of the molecule is [15NH2]c1nc2c(ncn2[C@H]2C[C@H](O)[C@@H](CO)O2)c(=O)[nH]1. The molecule has 19 heavy (non-hydrogen) atoms. The molecule has 2 aromatic rings. The third kappa shape index (κ3) is 1.87. The van der Waals surface area contributed by atoms with Gasteiger partial charge in [-0.15, -0.1) is 0 Å². The van der Waals surface area contributed by atoms with Crippen molar-refractivity contribution < 1.29 is 14.9 Å². The van der Waals surface area contributed by atoms with Crippen molar-refractivity contribution in [2.45, 2.75) is 24.9 Å². The van der Waals surface area contributed by atoms with E-state index in [9.17, 15) is 9.90 Å². The molecule has 1 aliphatic heterocycles. The number of nitrogen functional groups attached to an aromatic ring is 1. The Bertz CT molecular complexity index is 665. The number of nitrogens with zero attached hydrogens (tertiary/aromatic N) is 3. The lowest BCUT2D eigenvalue weighted by molar-refractivity contribution is -0.0432. The summed E-state index contributed by atoms with van der Waals surface area (Å²) in [5, 5.41) is 18.8. The molecule has 0 radical (unpaired) electrons. The molecule has 1 aliphatic rings. The molecule has 3 heterocycles. The fourth-order valence-electron chi connectivity index (χ4n) is 2.20. The summed E-state index contributed by atoms with van der Waals surface area (Å²) in [5.74, 6) is -0.0171. The molecule has 0 saturated carbocycles. The highest BCUT2D eigenvalue weighted by Gasteiger charge is 2.35. The van der Waals surface area contributed by atoms with Gasteiger partial charge in [0.05, 0.1) is 19.0 Å². The molecule has 2 aromatic heterocycles. The van der Waals surface area contributed by atoms with Crippen LogP contribution in [-0.2, 0) is 4.74 Å². The number of nitrogens with one attached hydrogen (secondary N) is 1. The third-order valence-electron chi connectivity index (χ3n) is 3.15. The van der Waals surface area contributed by atoms with Gasteiger partial charge in [-0.25, -0.2) is 4.98 Å². The molecule has 3 rings (SSSR count). The summed E-state index contributed by atoms with van der Waals surface area (Å²) in [6, 6.07) is 0. The Morgan fingerprint density at radius 2 is 2.42 bits per heavy atom. The molecule has 102 valence electrons. The standard InChI is InChI=1S/C10H13N5O4/c11-10-13-8-7(9(18)14-10)12-3-15(8)6-1-4(17)5(2-16)19-6/h3-6,16-17H,1-2H2,(H3,11,13,14,18)/t4-,5+,6+/m0/s1/i11+1. The van der Waals surface area contributed by atoms with Gasteiger partial charge in [0.25, 0.3) is 5.56 Å². The molecule has 0 aromatic carbocycles. The minimum absolute atomic E-state index is 0.0171. The maximum Gasteiger partial charge on any atom is 0.280 e. The van der Waals surface area contributed by atoms with E-state index in [1.54, 1.807) is 0 Å². The zero-order valence-electron chi connectivity index (χ0n) is 9.85. The number of anilines is 1. The Balaban J connectivity index is 2.05. The highest BCUT2D eigenvalue weighted by atomic mass is 16.5. The van der Waals surface area contributed by atoms with Crippen LogP contribution in [0.25, 0.3) is 11.2 Å². The first-order chi connectivity index (χ1) is 9.10. The molecule has 5 N–H and O–H groups in total. The first kappa shape index (κ1) is 12.1. The molecule has 9 nitrogen and oxygen atoms in total. The molecule has 3 atom stereocenters. The minimum Gasteiger partial charge on any atom is -0.394 e. The van der Waals surface area contributed by atoms with Crippen molar-refractivity contribution in [3.05, 3.63) is 16.7 Å². The van der Waals surface area contributed by atoms with Crippen LogP contribution < -0.4 is 11.3 Å². The van der Waals surface area contributed by atoms with Crippen LogP contribution in [0.1, 0.15) is 12.6 Å². The van der Waals surface area contributed by atoms with Gasteiger partial charge in [0.15, 0.2) is 11.2 Å². The second-order valence-corrected chi connectivity index (χ2v) is 4.39. The summed E-state index contributed by atoms with van der Waals surface area (Å²) < 4.78 is 7.01. The summed E-state index contributed by atoms with van der Waals surface area (Å²) in [6.07, 6.45) is -0.270. The van der Waals surface area contributed by atoms with Crippen LogP contribution in [0, 0.1) is 0 Å². The fourth-order valence-corrected chi connectivity index (χ4v) is 2.20. The Morgan fingerprint density at radius 3 is 3.11 bits per heavy atom. The van der Waals surface area contributed by atoms with Gasteiger partial charge in [-0.2, -0.15) is 4.98 Å². The second kappa shape index (κ2) is 4.30. The number of H-pyrrole nitrogens is 1. The van der Waals surface area contributed by atoms with Gasteiger partial charge in [0.1, 0.15) is 12.3 Å². The molecule has 1 saturated heterocycles. The summed E-state index contributed by atoms with van der Waals surface area (Å²) in [6.45, 7) is -0.277. The van der Waals surface area contributed by atoms with Crippen LogP contribution in [0.3, 0.4) is 0 Å². The first-order valence-electron chi connectivity index (χ1n) is 5.77. The Morgan fingerprint density at radius 1 is 1.63 bits per heavy atom. The van der Waals surface area contributed by atoms with Gasteiger partial charge in [-0.1, -0.05) is 0 Å². The molecule has 0 aliphatic carbocycles. The van der Waals surface area contributed by atoms with Crippen molar-refractivity contribution in [2.24, 2.45) is 0 Å².